The van der Waals surface area contributed by atoms with Crippen LogP contribution in [0, 0.1) is 10.1 Å². The summed E-state index contributed by atoms with van der Waals surface area (Å²) < 4.78 is 39.1. The molecule has 2 N–H and O–H groups in total. The van der Waals surface area contributed by atoms with E-state index in [1.54, 1.807) is 0 Å². The van der Waals surface area contributed by atoms with Crippen LogP contribution in [-0.2, 0) is 17.4 Å². The van der Waals surface area contributed by atoms with Crippen LogP contribution in [0.3, 0.4) is 0 Å². The molecule has 0 saturated heterocycles. The lowest BCUT2D eigenvalue weighted by atomic mass is 10.1. The predicted molar refractivity (Wildman–Crippen MR) is 97.8 cm³/mol. The summed E-state index contributed by atoms with van der Waals surface area (Å²) in [5.74, 6) is -0.478. The van der Waals surface area contributed by atoms with Crippen LogP contribution in [0.4, 0.5) is 24.5 Å². The highest BCUT2D eigenvalue weighted by Crippen LogP contribution is 2.34. The number of thiazole rings is 1. The first-order chi connectivity index (χ1) is 13.2. The van der Waals surface area contributed by atoms with Crippen molar-refractivity contribution in [2.24, 2.45) is 0 Å². The zero-order chi connectivity index (χ0) is 20.3. The summed E-state index contributed by atoms with van der Waals surface area (Å²) in [7, 11) is 0. The number of nitrogens with zero attached hydrogens (tertiary/aromatic N) is 2. The van der Waals surface area contributed by atoms with E-state index >= 15 is 0 Å². The molecule has 0 spiro atoms. The first-order valence-corrected chi connectivity index (χ1v) is 8.80. The van der Waals surface area contributed by atoms with Gasteiger partial charge in [0.15, 0.2) is 0 Å². The second kappa shape index (κ2) is 7.80. The Labute approximate surface area is 160 Å². The van der Waals surface area contributed by atoms with Crippen LogP contribution >= 0.6 is 11.3 Å². The molecule has 3 rings (SSSR count). The smallest absolute Gasteiger partial charge is 0.292 e. The lowest BCUT2D eigenvalue weighted by molar-refractivity contribution is -0.384. The molecule has 1 amide bonds. The van der Waals surface area contributed by atoms with Crippen LogP contribution in [0.5, 0.6) is 0 Å². The minimum Gasteiger partial charge on any atom is -0.292 e. The van der Waals surface area contributed by atoms with Gasteiger partial charge in [0.1, 0.15) is 5.69 Å². The summed E-state index contributed by atoms with van der Waals surface area (Å²) in [6.45, 7) is 0. The molecule has 3 aromatic rings. The lowest BCUT2D eigenvalue weighted by Gasteiger charge is -2.11. The van der Waals surface area contributed by atoms with Crippen LogP contribution < -0.4 is 10.9 Å². The third kappa shape index (κ3) is 4.55. The number of hydrogen-bond acceptors (Lipinski definition) is 6. The van der Waals surface area contributed by atoms with Gasteiger partial charge in [-0.1, -0.05) is 12.1 Å². The molecular formula is C17H13F3N4O3S. The molecule has 1 aromatic heterocycles. The average molecular weight is 410 g/mol. The first-order valence-electron chi connectivity index (χ1n) is 7.99. The molecule has 7 nitrogen and oxygen atoms in total. The molecule has 0 aliphatic carbocycles. The van der Waals surface area contributed by atoms with Crippen molar-refractivity contribution >= 4 is 38.8 Å². The third-order valence-corrected chi connectivity index (χ3v) is 4.86. The number of alkyl halides is 3. The molecular weight excluding hydrogens is 397 g/mol. The van der Waals surface area contributed by atoms with E-state index in [0.29, 0.717) is 18.6 Å². The Bertz CT molecular complexity index is 1000. The molecule has 0 aliphatic heterocycles. The number of aromatic nitrogens is 1. The van der Waals surface area contributed by atoms with Gasteiger partial charge in [-0.2, -0.15) is 13.2 Å². The fraction of sp³-hybridized carbons (Fsp3) is 0.176. The molecule has 1 heterocycles. The van der Waals surface area contributed by atoms with Gasteiger partial charge < -0.3 is 0 Å². The quantitative estimate of drug-likeness (QED) is 0.467. The number of nitrogens with one attached hydrogen (secondary N) is 2. The standard InChI is InChI=1S/C17H13F3N4O3S/c18-17(19,20)10-5-6-11(13(9-10)24(26)27)22-23-15(25)7-8-16-21-12-3-1-2-4-14(12)28-16/h1-6,9,22H,7-8H2,(H,23,25). The van der Waals surface area contributed by atoms with Crippen molar-refractivity contribution < 1.29 is 22.9 Å². The van der Waals surface area contributed by atoms with Crippen LogP contribution in [0.2, 0.25) is 0 Å². The lowest BCUT2D eigenvalue weighted by Crippen LogP contribution is -2.29. The van der Waals surface area contributed by atoms with Gasteiger partial charge in [-0.3, -0.25) is 25.8 Å². The molecule has 2 aromatic carbocycles. The number of carbonyl (C=O) groups excluding carboxylic acids is 1. The molecule has 0 aliphatic rings. The number of nitro benzene ring substituents is 1. The zero-order valence-electron chi connectivity index (χ0n) is 14.1. The van der Waals surface area contributed by atoms with Crippen molar-refractivity contribution in [1.29, 1.82) is 0 Å². The molecule has 0 radical (unpaired) electrons. The molecule has 28 heavy (non-hydrogen) atoms. The summed E-state index contributed by atoms with van der Waals surface area (Å²) in [6, 6.07) is 9.53. The summed E-state index contributed by atoms with van der Waals surface area (Å²) >= 11 is 1.46. The van der Waals surface area contributed by atoms with E-state index in [1.807, 2.05) is 24.3 Å². The minimum atomic E-state index is -4.70. The van der Waals surface area contributed by atoms with E-state index < -0.39 is 28.3 Å². The summed E-state index contributed by atoms with van der Waals surface area (Å²) in [5, 5.41) is 11.8. The van der Waals surface area contributed by atoms with Crippen LogP contribution in [0.15, 0.2) is 42.5 Å². The second-order valence-electron chi connectivity index (χ2n) is 5.74. The highest BCUT2D eigenvalue weighted by Gasteiger charge is 2.33. The number of hydrogen-bond donors (Lipinski definition) is 2. The largest absolute Gasteiger partial charge is 0.416 e. The van der Waals surface area contributed by atoms with Crippen molar-refractivity contribution in [3.05, 3.63) is 63.1 Å². The molecule has 0 bridgehead atoms. The predicted octanol–water partition coefficient (Wildman–Crippen LogP) is 4.30. The zero-order valence-corrected chi connectivity index (χ0v) is 14.9. The molecule has 0 fully saturated rings. The maximum atomic E-state index is 12.7. The number of rotatable bonds is 6. The van der Waals surface area contributed by atoms with Crippen molar-refractivity contribution in [2.45, 2.75) is 19.0 Å². The van der Waals surface area contributed by atoms with Gasteiger partial charge in [0, 0.05) is 18.9 Å². The molecule has 0 unspecified atom stereocenters. The Kier molecular flexibility index (Phi) is 5.45. The van der Waals surface area contributed by atoms with Crippen molar-refractivity contribution in [1.82, 2.24) is 10.4 Å². The van der Waals surface area contributed by atoms with Crippen LogP contribution in [0.1, 0.15) is 17.0 Å². The van der Waals surface area contributed by atoms with Crippen molar-refractivity contribution in [2.75, 3.05) is 5.43 Å². The Morgan fingerprint density at radius 3 is 2.64 bits per heavy atom. The molecule has 11 heteroatoms. The number of carbonyl (C=O) groups is 1. The number of nitro groups is 1. The van der Waals surface area contributed by atoms with Crippen molar-refractivity contribution in [3.8, 4) is 0 Å². The number of aryl methyl sites for hydroxylation is 1. The van der Waals surface area contributed by atoms with Crippen LogP contribution in [0.25, 0.3) is 10.2 Å². The van der Waals surface area contributed by atoms with Gasteiger partial charge in [0.25, 0.3) is 5.69 Å². The van der Waals surface area contributed by atoms with Gasteiger partial charge >= 0.3 is 6.18 Å². The van der Waals surface area contributed by atoms with E-state index in [-0.39, 0.29) is 12.1 Å². The fourth-order valence-electron chi connectivity index (χ4n) is 2.41. The number of amides is 1. The van der Waals surface area contributed by atoms with E-state index in [2.05, 4.69) is 15.8 Å². The highest BCUT2D eigenvalue weighted by atomic mass is 32.1. The van der Waals surface area contributed by atoms with E-state index in [0.717, 1.165) is 21.3 Å². The Hall–Kier alpha value is -3.21. The number of hydrazine groups is 1. The minimum absolute atomic E-state index is 0.0568. The number of benzene rings is 2. The average Bonchev–Trinajstić information content (AvgIpc) is 3.06. The Morgan fingerprint density at radius 1 is 1.21 bits per heavy atom. The van der Waals surface area contributed by atoms with Gasteiger partial charge in [0.2, 0.25) is 5.91 Å². The Morgan fingerprint density at radius 2 is 1.96 bits per heavy atom. The van der Waals surface area contributed by atoms with Gasteiger partial charge in [-0.15, -0.1) is 11.3 Å². The monoisotopic (exact) mass is 410 g/mol. The van der Waals surface area contributed by atoms with E-state index in [1.165, 1.54) is 11.3 Å². The maximum Gasteiger partial charge on any atom is 0.416 e. The topological polar surface area (TPSA) is 97.2 Å². The number of anilines is 1. The van der Waals surface area contributed by atoms with Gasteiger partial charge in [0.05, 0.1) is 25.7 Å². The first kappa shape index (κ1) is 19.5. The molecule has 0 saturated carbocycles. The summed E-state index contributed by atoms with van der Waals surface area (Å²) in [4.78, 5) is 26.4. The SMILES string of the molecule is O=C(CCc1nc2ccccc2s1)NNc1ccc(C(F)(F)F)cc1[N+](=O)[O-]. The van der Waals surface area contributed by atoms with Crippen molar-refractivity contribution in [3.63, 3.8) is 0 Å². The molecule has 0 atom stereocenters. The third-order valence-electron chi connectivity index (χ3n) is 3.76. The molecule has 146 valence electrons. The van der Waals surface area contributed by atoms with Gasteiger partial charge in [-0.25, -0.2) is 4.98 Å². The maximum absolute atomic E-state index is 12.7. The highest BCUT2D eigenvalue weighted by molar-refractivity contribution is 7.18. The summed E-state index contributed by atoms with van der Waals surface area (Å²) in [5.41, 5.74) is 3.22. The van der Waals surface area contributed by atoms with E-state index in [9.17, 15) is 28.1 Å². The normalized spacial score (nSPS) is 11.4. The number of para-hydroxylation sites is 1. The van der Waals surface area contributed by atoms with Crippen LogP contribution in [-0.4, -0.2) is 15.8 Å². The Balaban J connectivity index is 1.61. The fourth-order valence-corrected chi connectivity index (χ4v) is 3.38. The van der Waals surface area contributed by atoms with Gasteiger partial charge in [-0.05, 0) is 24.3 Å². The second-order valence-corrected chi connectivity index (χ2v) is 6.85. The van der Waals surface area contributed by atoms with E-state index in [4.69, 9.17) is 0 Å². The summed E-state index contributed by atoms with van der Waals surface area (Å²) in [6.07, 6.45) is -4.28. The number of fused-ring (bicyclic) bond motifs is 1. The number of halogens is 3.